The van der Waals surface area contributed by atoms with Gasteiger partial charge in [-0.25, -0.2) is 4.68 Å². The van der Waals surface area contributed by atoms with Crippen LogP contribution in [0.1, 0.15) is 41.1 Å². The van der Waals surface area contributed by atoms with Crippen LogP contribution in [-0.2, 0) is 4.74 Å². The molecule has 0 aliphatic heterocycles. The molecular formula is C22H24ClN3O2. The van der Waals surface area contributed by atoms with Gasteiger partial charge < -0.3 is 10.1 Å². The topological polar surface area (TPSA) is 56.1 Å². The summed E-state index contributed by atoms with van der Waals surface area (Å²) in [6.45, 7) is 5.02. The third kappa shape index (κ3) is 5.00. The molecule has 146 valence electrons. The lowest BCUT2D eigenvalue weighted by atomic mass is 10.1. The van der Waals surface area contributed by atoms with Crippen LogP contribution >= 0.6 is 11.6 Å². The first-order valence-corrected chi connectivity index (χ1v) is 9.69. The smallest absolute Gasteiger partial charge is 0.254 e. The van der Waals surface area contributed by atoms with E-state index in [2.05, 4.69) is 10.4 Å². The molecule has 0 spiro atoms. The van der Waals surface area contributed by atoms with E-state index < -0.39 is 0 Å². The minimum atomic E-state index is -0.137. The molecule has 1 aromatic heterocycles. The molecule has 6 heteroatoms. The first-order chi connectivity index (χ1) is 13.6. The molecule has 5 nitrogen and oxygen atoms in total. The van der Waals surface area contributed by atoms with Crippen LogP contribution in [0.15, 0.2) is 60.8 Å². The zero-order valence-corrected chi connectivity index (χ0v) is 16.8. The number of aromatic nitrogens is 2. The molecule has 0 bridgehead atoms. The number of nitrogens with one attached hydrogen (secondary N) is 1. The van der Waals surface area contributed by atoms with Crippen molar-refractivity contribution in [3.05, 3.63) is 82.6 Å². The van der Waals surface area contributed by atoms with Crippen LogP contribution in [0.5, 0.6) is 0 Å². The molecular weight excluding hydrogens is 374 g/mol. The van der Waals surface area contributed by atoms with E-state index >= 15 is 0 Å². The zero-order valence-electron chi connectivity index (χ0n) is 16.1. The van der Waals surface area contributed by atoms with Crippen molar-refractivity contribution < 1.29 is 9.53 Å². The molecule has 28 heavy (non-hydrogen) atoms. The Morgan fingerprint density at radius 1 is 1.21 bits per heavy atom. The summed E-state index contributed by atoms with van der Waals surface area (Å²) in [5, 5.41) is 7.88. The Morgan fingerprint density at radius 2 is 2.00 bits per heavy atom. The number of carbonyl (C=O) groups excluding carboxylic acids is 1. The molecule has 0 aliphatic rings. The minimum Gasteiger partial charge on any atom is -0.374 e. The van der Waals surface area contributed by atoms with Gasteiger partial charge in [0.1, 0.15) is 0 Å². The third-order valence-electron chi connectivity index (χ3n) is 4.55. The second kappa shape index (κ2) is 9.53. The van der Waals surface area contributed by atoms with E-state index in [4.69, 9.17) is 16.3 Å². The number of hydrogen-bond acceptors (Lipinski definition) is 3. The highest BCUT2D eigenvalue weighted by Crippen LogP contribution is 2.18. The van der Waals surface area contributed by atoms with Crippen molar-refractivity contribution in [2.75, 3.05) is 13.2 Å². The summed E-state index contributed by atoms with van der Waals surface area (Å²) >= 11 is 6.04. The van der Waals surface area contributed by atoms with Gasteiger partial charge >= 0.3 is 0 Å². The van der Waals surface area contributed by atoms with Gasteiger partial charge in [-0.3, -0.25) is 4.79 Å². The van der Waals surface area contributed by atoms with Crippen LogP contribution in [0.4, 0.5) is 0 Å². The zero-order chi connectivity index (χ0) is 19.9. The summed E-state index contributed by atoms with van der Waals surface area (Å²) in [4.78, 5) is 12.5. The number of amides is 1. The summed E-state index contributed by atoms with van der Waals surface area (Å²) in [5.74, 6) is -0.137. The normalized spacial score (nSPS) is 12.0. The maximum absolute atomic E-state index is 12.5. The third-order valence-corrected chi connectivity index (χ3v) is 4.79. The van der Waals surface area contributed by atoms with Crippen LogP contribution in [0.2, 0.25) is 5.02 Å². The van der Waals surface area contributed by atoms with E-state index in [1.54, 1.807) is 16.9 Å². The SMILES string of the molecule is Cc1c(C(=O)NCCCOC(C)c2ccccc2)cnn1-c1cccc(Cl)c1. The van der Waals surface area contributed by atoms with Crippen LogP contribution in [0.3, 0.4) is 0 Å². The molecule has 1 amide bonds. The Hall–Kier alpha value is -2.63. The summed E-state index contributed by atoms with van der Waals surface area (Å²) in [5.41, 5.74) is 3.30. The largest absolute Gasteiger partial charge is 0.374 e. The fourth-order valence-electron chi connectivity index (χ4n) is 2.95. The minimum absolute atomic E-state index is 0.0371. The van der Waals surface area contributed by atoms with Crippen LogP contribution < -0.4 is 5.32 Å². The Labute approximate surface area is 170 Å². The Morgan fingerprint density at radius 3 is 2.75 bits per heavy atom. The highest BCUT2D eigenvalue weighted by Gasteiger charge is 2.15. The lowest BCUT2D eigenvalue weighted by Crippen LogP contribution is -2.25. The average Bonchev–Trinajstić information content (AvgIpc) is 3.09. The van der Waals surface area contributed by atoms with E-state index in [-0.39, 0.29) is 12.0 Å². The second-order valence-electron chi connectivity index (χ2n) is 6.57. The van der Waals surface area contributed by atoms with E-state index in [1.165, 1.54) is 0 Å². The van der Waals surface area contributed by atoms with Gasteiger partial charge in [0, 0.05) is 18.2 Å². The molecule has 3 aromatic rings. The fourth-order valence-corrected chi connectivity index (χ4v) is 3.13. The van der Waals surface area contributed by atoms with Crippen LogP contribution in [0.25, 0.3) is 5.69 Å². The summed E-state index contributed by atoms with van der Waals surface area (Å²) in [7, 11) is 0. The number of carbonyl (C=O) groups is 1. The molecule has 0 aliphatic carbocycles. The van der Waals surface area contributed by atoms with Crippen molar-refractivity contribution >= 4 is 17.5 Å². The molecule has 0 saturated heterocycles. The van der Waals surface area contributed by atoms with Crippen molar-refractivity contribution in [3.8, 4) is 5.69 Å². The lowest BCUT2D eigenvalue weighted by Gasteiger charge is -2.13. The predicted octanol–water partition coefficient (Wildman–Crippen LogP) is 4.73. The van der Waals surface area contributed by atoms with Gasteiger partial charge in [0.2, 0.25) is 0 Å². The van der Waals surface area contributed by atoms with Crippen molar-refractivity contribution in [1.29, 1.82) is 0 Å². The van der Waals surface area contributed by atoms with Crippen LogP contribution in [-0.4, -0.2) is 28.8 Å². The second-order valence-corrected chi connectivity index (χ2v) is 7.00. The van der Waals surface area contributed by atoms with E-state index in [1.807, 2.05) is 62.4 Å². The van der Waals surface area contributed by atoms with Gasteiger partial charge in [-0.15, -0.1) is 0 Å². The lowest BCUT2D eigenvalue weighted by molar-refractivity contribution is 0.0635. The number of halogens is 1. The number of benzene rings is 2. The summed E-state index contributed by atoms with van der Waals surface area (Å²) in [6, 6.07) is 17.5. The monoisotopic (exact) mass is 397 g/mol. The predicted molar refractivity (Wildman–Crippen MR) is 111 cm³/mol. The molecule has 0 saturated carbocycles. The summed E-state index contributed by atoms with van der Waals surface area (Å²) in [6.07, 6.45) is 2.36. The molecule has 2 aromatic carbocycles. The number of hydrogen-bond donors (Lipinski definition) is 1. The Balaban J connectivity index is 1.48. The first kappa shape index (κ1) is 20.1. The quantitative estimate of drug-likeness (QED) is 0.559. The molecule has 1 atom stereocenters. The van der Waals surface area contributed by atoms with Crippen molar-refractivity contribution in [2.45, 2.75) is 26.4 Å². The van der Waals surface area contributed by atoms with Gasteiger partial charge in [0.05, 0.1) is 29.2 Å². The number of ether oxygens (including phenoxy) is 1. The molecule has 3 rings (SSSR count). The molecule has 1 N–H and O–H groups in total. The number of nitrogens with zero attached hydrogens (tertiary/aromatic N) is 2. The molecule has 0 fully saturated rings. The highest BCUT2D eigenvalue weighted by atomic mass is 35.5. The highest BCUT2D eigenvalue weighted by molar-refractivity contribution is 6.30. The molecule has 1 unspecified atom stereocenters. The van der Waals surface area contributed by atoms with Gasteiger partial charge in [-0.2, -0.15) is 5.10 Å². The Bertz CT molecular complexity index is 925. The number of rotatable bonds is 8. The van der Waals surface area contributed by atoms with Crippen molar-refractivity contribution in [1.82, 2.24) is 15.1 Å². The maximum Gasteiger partial charge on any atom is 0.254 e. The van der Waals surface area contributed by atoms with Gasteiger partial charge in [-0.1, -0.05) is 48.0 Å². The molecule has 0 radical (unpaired) electrons. The first-order valence-electron chi connectivity index (χ1n) is 9.31. The standard InChI is InChI=1S/C22H24ClN3O2/c1-16-21(15-25-26(16)20-11-6-10-19(23)14-20)22(27)24-12-7-13-28-17(2)18-8-4-3-5-9-18/h3-6,8-11,14-15,17H,7,12-13H2,1-2H3,(H,24,27). The van der Waals surface area contributed by atoms with Crippen molar-refractivity contribution in [2.24, 2.45) is 0 Å². The fraction of sp³-hybridized carbons (Fsp3) is 0.273. The van der Waals surface area contributed by atoms with Gasteiger partial charge in [0.25, 0.3) is 5.91 Å². The maximum atomic E-state index is 12.5. The van der Waals surface area contributed by atoms with E-state index in [0.717, 1.165) is 23.4 Å². The average molecular weight is 398 g/mol. The summed E-state index contributed by atoms with van der Waals surface area (Å²) < 4.78 is 7.55. The van der Waals surface area contributed by atoms with Crippen molar-refractivity contribution in [3.63, 3.8) is 0 Å². The van der Waals surface area contributed by atoms with E-state index in [0.29, 0.717) is 23.7 Å². The molecule has 1 heterocycles. The van der Waals surface area contributed by atoms with Crippen LogP contribution in [0, 0.1) is 6.92 Å². The van der Waals surface area contributed by atoms with E-state index in [9.17, 15) is 4.79 Å². The van der Waals surface area contributed by atoms with Gasteiger partial charge in [0.15, 0.2) is 0 Å². The Kier molecular flexibility index (Phi) is 6.85. The van der Waals surface area contributed by atoms with Gasteiger partial charge in [-0.05, 0) is 44.0 Å².